The van der Waals surface area contributed by atoms with Crippen molar-refractivity contribution in [3.8, 4) is 0 Å². The van der Waals surface area contributed by atoms with E-state index in [4.69, 9.17) is 0 Å². The number of thioether (sulfide) groups is 2. The van der Waals surface area contributed by atoms with Crippen LogP contribution in [-0.4, -0.2) is 58.8 Å². The van der Waals surface area contributed by atoms with Crippen LogP contribution in [0, 0.1) is 0 Å². The second kappa shape index (κ2) is 18.1. The Labute approximate surface area is 210 Å². The molecule has 0 aliphatic heterocycles. The number of carboxylic acids is 2. The van der Waals surface area contributed by atoms with Gasteiger partial charge in [0, 0.05) is 36.1 Å². The van der Waals surface area contributed by atoms with Gasteiger partial charge >= 0.3 is 11.9 Å². The standard InChI is InChI=1S/C22H28N2O4S2.2ClH/c25-21(26)19(15-29-13-17-7-3-1-4-8-17)23-11-12-24-20(22(27)28)16-30-14-18-9-5-2-6-10-18;;/h1-10,19-20,23-24H,11-16H2,(H,25,26)(H,27,28);2*1H. The molecule has 0 saturated heterocycles. The van der Waals surface area contributed by atoms with Crippen LogP contribution >= 0.6 is 48.3 Å². The van der Waals surface area contributed by atoms with Gasteiger partial charge in [-0.3, -0.25) is 9.59 Å². The van der Waals surface area contributed by atoms with Crippen LogP contribution in [0.5, 0.6) is 0 Å². The minimum atomic E-state index is -0.899. The third-order valence-electron chi connectivity index (χ3n) is 4.29. The fourth-order valence-corrected chi connectivity index (χ4v) is 4.75. The fraction of sp³-hybridized carbons (Fsp3) is 0.364. The van der Waals surface area contributed by atoms with Gasteiger partial charge < -0.3 is 20.8 Å². The van der Waals surface area contributed by atoms with E-state index in [2.05, 4.69) is 10.6 Å². The molecule has 0 aliphatic carbocycles. The summed E-state index contributed by atoms with van der Waals surface area (Å²) in [7, 11) is 0. The van der Waals surface area contributed by atoms with Crippen LogP contribution in [0.4, 0.5) is 0 Å². The van der Waals surface area contributed by atoms with Crippen molar-refractivity contribution in [2.45, 2.75) is 23.6 Å². The van der Waals surface area contributed by atoms with Crippen LogP contribution in [0.3, 0.4) is 0 Å². The van der Waals surface area contributed by atoms with E-state index < -0.39 is 24.0 Å². The molecule has 2 atom stereocenters. The summed E-state index contributed by atoms with van der Waals surface area (Å²) in [5, 5.41) is 24.8. The third-order valence-corrected chi connectivity index (χ3v) is 6.51. The zero-order valence-corrected chi connectivity index (χ0v) is 20.8. The second-order valence-electron chi connectivity index (χ2n) is 6.69. The van der Waals surface area contributed by atoms with Gasteiger partial charge in [-0.1, -0.05) is 60.7 Å². The summed E-state index contributed by atoms with van der Waals surface area (Å²) >= 11 is 3.12. The van der Waals surface area contributed by atoms with Crippen molar-refractivity contribution in [3.63, 3.8) is 0 Å². The molecule has 2 aromatic rings. The first-order valence-corrected chi connectivity index (χ1v) is 12.0. The Balaban J connectivity index is 0.00000480. The van der Waals surface area contributed by atoms with Crippen LogP contribution in [0.25, 0.3) is 0 Å². The zero-order chi connectivity index (χ0) is 21.6. The molecule has 2 rings (SSSR count). The lowest BCUT2D eigenvalue weighted by atomic mass is 10.2. The highest BCUT2D eigenvalue weighted by molar-refractivity contribution is 7.98. The Bertz CT molecular complexity index is 708. The van der Waals surface area contributed by atoms with E-state index in [9.17, 15) is 19.8 Å². The fourth-order valence-electron chi connectivity index (χ4n) is 2.67. The first-order chi connectivity index (χ1) is 14.6. The van der Waals surface area contributed by atoms with E-state index in [1.54, 1.807) is 23.5 Å². The molecule has 0 aromatic heterocycles. The summed E-state index contributed by atoms with van der Waals surface area (Å²) in [5.41, 5.74) is 2.32. The highest BCUT2D eigenvalue weighted by atomic mass is 35.5. The quantitative estimate of drug-likeness (QED) is 0.263. The first kappa shape index (κ1) is 30.6. The zero-order valence-electron chi connectivity index (χ0n) is 17.5. The maximum Gasteiger partial charge on any atom is 0.321 e. The molecular formula is C22H30Cl2N2O4S2. The molecule has 2 unspecified atom stereocenters. The van der Waals surface area contributed by atoms with Gasteiger partial charge in [0.1, 0.15) is 12.1 Å². The van der Waals surface area contributed by atoms with E-state index in [-0.39, 0.29) is 24.8 Å². The van der Waals surface area contributed by atoms with Gasteiger partial charge in [-0.2, -0.15) is 23.5 Å². The van der Waals surface area contributed by atoms with Gasteiger partial charge in [-0.15, -0.1) is 24.8 Å². The molecule has 0 fully saturated rings. The van der Waals surface area contributed by atoms with Gasteiger partial charge in [0.05, 0.1) is 0 Å². The molecule has 4 N–H and O–H groups in total. The monoisotopic (exact) mass is 520 g/mol. The normalized spacial score (nSPS) is 12.1. The summed E-state index contributed by atoms with van der Waals surface area (Å²) in [5.74, 6) is 0.598. The van der Waals surface area contributed by atoms with Crippen LogP contribution < -0.4 is 10.6 Å². The smallest absolute Gasteiger partial charge is 0.321 e. The SMILES string of the molecule is Cl.Cl.O=C(O)C(CSCc1ccccc1)NCCNC(CSCc1ccccc1)C(=O)O. The summed E-state index contributed by atoms with van der Waals surface area (Å²) in [6, 6.07) is 18.5. The number of benzene rings is 2. The number of carbonyl (C=O) groups is 2. The van der Waals surface area contributed by atoms with Crippen LogP contribution in [-0.2, 0) is 21.1 Å². The average Bonchev–Trinajstić information content (AvgIpc) is 2.75. The van der Waals surface area contributed by atoms with Gasteiger partial charge in [0.2, 0.25) is 0 Å². The Kier molecular flexibility index (Phi) is 17.3. The summed E-state index contributed by atoms with van der Waals surface area (Å²) in [4.78, 5) is 22.9. The van der Waals surface area contributed by atoms with Crippen molar-refractivity contribution in [1.82, 2.24) is 10.6 Å². The van der Waals surface area contributed by atoms with Crippen LogP contribution in [0.1, 0.15) is 11.1 Å². The highest BCUT2D eigenvalue weighted by Crippen LogP contribution is 2.14. The molecule has 6 nitrogen and oxygen atoms in total. The van der Waals surface area contributed by atoms with Crippen LogP contribution in [0.2, 0.25) is 0 Å². The number of nitrogens with one attached hydrogen (secondary N) is 2. The molecule has 0 heterocycles. The molecule has 0 saturated carbocycles. The summed E-state index contributed by atoms with van der Waals surface area (Å²) in [6.07, 6.45) is 0. The lowest BCUT2D eigenvalue weighted by Crippen LogP contribution is -2.46. The third kappa shape index (κ3) is 12.6. The van der Waals surface area contributed by atoms with Gasteiger partial charge in [-0.05, 0) is 11.1 Å². The minimum Gasteiger partial charge on any atom is -0.480 e. The van der Waals surface area contributed by atoms with Gasteiger partial charge in [-0.25, -0.2) is 0 Å². The first-order valence-electron chi connectivity index (χ1n) is 9.72. The van der Waals surface area contributed by atoms with E-state index in [0.29, 0.717) is 24.6 Å². The highest BCUT2D eigenvalue weighted by Gasteiger charge is 2.19. The molecule has 32 heavy (non-hydrogen) atoms. The molecule has 0 amide bonds. The number of carboxylic acid groups (broad SMARTS) is 2. The van der Waals surface area contributed by atoms with Crippen molar-refractivity contribution in [3.05, 3.63) is 71.8 Å². The number of rotatable bonds is 15. The number of halogens is 2. The van der Waals surface area contributed by atoms with Crippen molar-refractivity contribution in [1.29, 1.82) is 0 Å². The Hall–Kier alpha value is -1.42. The molecule has 10 heteroatoms. The van der Waals surface area contributed by atoms with Gasteiger partial charge in [0.25, 0.3) is 0 Å². The molecule has 0 spiro atoms. The molecule has 0 radical (unpaired) electrons. The summed E-state index contributed by atoms with van der Waals surface area (Å²) in [6.45, 7) is 0.770. The van der Waals surface area contributed by atoms with E-state index in [1.165, 1.54) is 0 Å². The average molecular weight is 522 g/mol. The van der Waals surface area contributed by atoms with Crippen molar-refractivity contribution in [2.24, 2.45) is 0 Å². The van der Waals surface area contributed by atoms with Crippen molar-refractivity contribution < 1.29 is 19.8 Å². The van der Waals surface area contributed by atoms with Crippen molar-refractivity contribution >= 4 is 60.3 Å². The maximum atomic E-state index is 11.5. The maximum absolute atomic E-state index is 11.5. The number of aliphatic carboxylic acids is 2. The lowest BCUT2D eigenvalue weighted by Gasteiger charge is -2.17. The molecule has 2 aromatic carbocycles. The van der Waals surface area contributed by atoms with E-state index in [0.717, 1.165) is 22.6 Å². The molecule has 178 valence electrons. The minimum absolute atomic E-state index is 0. The predicted octanol–water partition coefficient (Wildman–Crippen LogP) is 3.78. The number of hydrogen-bond donors (Lipinski definition) is 4. The predicted molar refractivity (Wildman–Crippen MR) is 139 cm³/mol. The van der Waals surface area contributed by atoms with E-state index in [1.807, 2.05) is 60.7 Å². The van der Waals surface area contributed by atoms with Crippen LogP contribution in [0.15, 0.2) is 60.7 Å². The summed E-state index contributed by atoms with van der Waals surface area (Å²) < 4.78 is 0. The van der Waals surface area contributed by atoms with E-state index >= 15 is 0 Å². The van der Waals surface area contributed by atoms with Crippen molar-refractivity contribution in [2.75, 3.05) is 24.6 Å². The Morgan fingerprint density at radius 1 is 0.688 bits per heavy atom. The lowest BCUT2D eigenvalue weighted by molar-refractivity contribution is -0.140. The largest absolute Gasteiger partial charge is 0.480 e. The van der Waals surface area contributed by atoms with Gasteiger partial charge in [0.15, 0.2) is 0 Å². The molecule has 0 aliphatic rings. The molecular weight excluding hydrogens is 491 g/mol. The topological polar surface area (TPSA) is 98.7 Å². The molecule has 0 bridgehead atoms. The number of hydrogen-bond acceptors (Lipinski definition) is 6. The Morgan fingerprint density at radius 3 is 1.34 bits per heavy atom. The Morgan fingerprint density at radius 2 is 1.03 bits per heavy atom. The second-order valence-corrected chi connectivity index (χ2v) is 8.75.